The molecule has 0 bridgehead atoms. The van der Waals surface area contributed by atoms with Crippen molar-refractivity contribution in [2.45, 2.75) is 47.0 Å². The van der Waals surface area contributed by atoms with Crippen LogP contribution in [-0.4, -0.2) is 23.3 Å². The molecule has 0 spiro atoms. The van der Waals surface area contributed by atoms with E-state index in [1.165, 1.54) is 33.4 Å². The summed E-state index contributed by atoms with van der Waals surface area (Å²) in [7, 11) is 0. The van der Waals surface area contributed by atoms with E-state index in [4.69, 9.17) is 9.72 Å². The summed E-state index contributed by atoms with van der Waals surface area (Å²) in [4.78, 5) is 4.97. The zero-order chi connectivity index (χ0) is 20.5. The molecule has 0 aliphatic carbocycles. The molecule has 0 fully saturated rings. The summed E-state index contributed by atoms with van der Waals surface area (Å²) in [5.41, 5.74) is 11.7. The second-order valence-corrected chi connectivity index (χ2v) is 8.07. The van der Waals surface area contributed by atoms with Gasteiger partial charge in [-0.25, -0.2) is 0 Å². The Morgan fingerprint density at radius 3 is 2.52 bits per heavy atom. The lowest BCUT2D eigenvalue weighted by Gasteiger charge is -2.22. The van der Waals surface area contributed by atoms with Crippen LogP contribution in [-0.2, 0) is 12.8 Å². The van der Waals surface area contributed by atoms with E-state index < -0.39 is 0 Å². The Morgan fingerprint density at radius 1 is 0.966 bits per heavy atom. The molecule has 0 radical (unpaired) electrons. The Labute approximate surface area is 173 Å². The SMILES string of the molecule is Cc1ccc(-c2nc(C)c(CCO)c(-c3ccc4c(c3)CCCO4)c2C)cc1C. The highest BCUT2D eigenvalue weighted by Crippen LogP contribution is 2.38. The van der Waals surface area contributed by atoms with Crippen molar-refractivity contribution in [1.29, 1.82) is 0 Å². The van der Waals surface area contributed by atoms with Gasteiger partial charge in [-0.15, -0.1) is 0 Å². The highest BCUT2D eigenvalue weighted by Gasteiger charge is 2.19. The van der Waals surface area contributed by atoms with Crippen molar-refractivity contribution >= 4 is 0 Å². The zero-order valence-electron chi connectivity index (χ0n) is 17.8. The summed E-state index contributed by atoms with van der Waals surface area (Å²) in [5, 5.41) is 9.70. The number of aliphatic hydroxyl groups is 1. The van der Waals surface area contributed by atoms with E-state index in [9.17, 15) is 5.11 Å². The summed E-state index contributed by atoms with van der Waals surface area (Å²) in [6.45, 7) is 9.41. The van der Waals surface area contributed by atoms with Gasteiger partial charge in [0.1, 0.15) is 5.75 Å². The van der Waals surface area contributed by atoms with E-state index in [1.54, 1.807) is 0 Å². The summed E-state index contributed by atoms with van der Waals surface area (Å²) in [6.07, 6.45) is 2.71. The first-order chi connectivity index (χ1) is 14.0. The molecule has 1 N–H and O–H groups in total. The maximum Gasteiger partial charge on any atom is 0.122 e. The minimum atomic E-state index is 0.117. The lowest BCUT2D eigenvalue weighted by Crippen LogP contribution is -2.09. The van der Waals surface area contributed by atoms with Gasteiger partial charge in [-0.2, -0.15) is 0 Å². The fourth-order valence-electron chi connectivity index (χ4n) is 4.34. The largest absolute Gasteiger partial charge is 0.493 e. The number of hydrogen-bond acceptors (Lipinski definition) is 3. The number of nitrogens with zero attached hydrogens (tertiary/aromatic N) is 1. The summed E-state index contributed by atoms with van der Waals surface area (Å²) >= 11 is 0. The zero-order valence-corrected chi connectivity index (χ0v) is 17.8. The average molecular weight is 388 g/mol. The minimum absolute atomic E-state index is 0.117. The normalized spacial score (nSPS) is 13.1. The van der Waals surface area contributed by atoms with Gasteiger partial charge in [0.15, 0.2) is 0 Å². The third kappa shape index (κ3) is 3.67. The second kappa shape index (κ2) is 8.00. The van der Waals surface area contributed by atoms with Crippen molar-refractivity contribution in [3.8, 4) is 28.1 Å². The maximum absolute atomic E-state index is 9.70. The van der Waals surface area contributed by atoms with E-state index in [0.717, 1.165) is 47.7 Å². The van der Waals surface area contributed by atoms with Crippen LogP contribution in [0.5, 0.6) is 5.75 Å². The Hall–Kier alpha value is -2.65. The number of ether oxygens (including phenoxy) is 1. The van der Waals surface area contributed by atoms with Gasteiger partial charge in [0.2, 0.25) is 0 Å². The molecular formula is C26H29NO2. The third-order valence-corrected chi connectivity index (χ3v) is 6.09. The number of pyridine rings is 1. The Kier molecular flexibility index (Phi) is 5.42. The topological polar surface area (TPSA) is 42.4 Å². The fraction of sp³-hybridized carbons (Fsp3) is 0.346. The first kappa shape index (κ1) is 19.7. The first-order valence-electron chi connectivity index (χ1n) is 10.4. The molecule has 2 heterocycles. The van der Waals surface area contributed by atoms with Crippen molar-refractivity contribution in [2.75, 3.05) is 13.2 Å². The number of aliphatic hydroxyl groups excluding tert-OH is 1. The fourth-order valence-corrected chi connectivity index (χ4v) is 4.34. The first-order valence-corrected chi connectivity index (χ1v) is 10.4. The Morgan fingerprint density at radius 2 is 1.76 bits per heavy atom. The number of hydrogen-bond donors (Lipinski definition) is 1. The number of aryl methyl sites for hydroxylation is 4. The molecule has 150 valence electrons. The van der Waals surface area contributed by atoms with E-state index in [1.807, 2.05) is 0 Å². The molecule has 1 aromatic heterocycles. The lowest BCUT2D eigenvalue weighted by molar-refractivity contribution is 0.288. The molecule has 0 amide bonds. The second-order valence-electron chi connectivity index (χ2n) is 8.07. The Bertz CT molecular complexity index is 1070. The quantitative estimate of drug-likeness (QED) is 0.642. The van der Waals surface area contributed by atoms with Crippen LogP contribution in [0.15, 0.2) is 36.4 Å². The molecular weight excluding hydrogens is 358 g/mol. The molecule has 3 aromatic rings. The van der Waals surface area contributed by atoms with Crippen LogP contribution in [0.3, 0.4) is 0 Å². The monoisotopic (exact) mass is 387 g/mol. The van der Waals surface area contributed by atoms with Gasteiger partial charge >= 0.3 is 0 Å². The molecule has 0 saturated heterocycles. The van der Waals surface area contributed by atoms with E-state index >= 15 is 0 Å². The minimum Gasteiger partial charge on any atom is -0.493 e. The molecule has 29 heavy (non-hydrogen) atoms. The molecule has 0 saturated carbocycles. The molecule has 3 nitrogen and oxygen atoms in total. The van der Waals surface area contributed by atoms with Crippen LogP contribution in [0.4, 0.5) is 0 Å². The highest BCUT2D eigenvalue weighted by atomic mass is 16.5. The molecule has 1 aliphatic heterocycles. The maximum atomic E-state index is 9.70. The lowest BCUT2D eigenvalue weighted by atomic mass is 9.88. The molecule has 4 rings (SSSR count). The van der Waals surface area contributed by atoms with Crippen LogP contribution in [0, 0.1) is 27.7 Å². The van der Waals surface area contributed by atoms with Gasteiger partial charge in [-0.05, 0) is 104 Å². The van der Waals surface area contributed by atoms with E-state index in [-0.39, 0.29) is 6.61 Å². The van der Waals surface area contributed by atoms with Gasteiger partial charge in [0, 0.05) is 17.9 Å². The predicted molar refractivity (Wildman–Crippen MR) is 119 cm³/mol. The van der Waals surface area contributed by atoms with Gasteiger partial charge < -0.3 is 9.84 Å². The molecule has 2 aromatic carbocycles. The molecule has 0 unspecified atom stereocenters. The van der Waals surface area contributed by atoms with Gasteiger partial charge in [0.05, 0.1) is 12.3 Å². The van der Waals surface area contributed by atoms with Crippen molar-refractivity contribution in [3.63, 3.8) is 0 Å². The highest BCUT2D eigenvalue weighted by molar-refractivity contribution is 5.80. The summed E-state index contributed by atoms with van der Waals surface area (Å²) < 4.78 is 5.81. The van der Waals surface area contributed by atoms with Gasteiger partial charge in [0.25, 0.3) is 0 Å². The standard InChI is InChI=1S/C26H29NO2/c1-16-7-8-22(14-17(16)2)26-18(3)25(23(11-12-28)19(4)27-26)21-9-10-24-20(15-21)6-5-13-29-24/h7-10,14-15,28H,5-6,11-13H2,1-4H3. The van der Waals surface area contributed by atoms with Gasteiger partial charge in [-0.1, -0.05) is 18.2 Å². The van der Waals surface area contributed by atoms with Crippen molar-refractivity contribution < 1.29 is 9.84 Å². The van der Waals surface area contributed by atoms with Gasteiger partial charge in [-0.3, -0.25) is 4.98 Å². The van der Waals surface area contributed by atoms with Crippen molar-refractivity contribution in [1.82, 2.24) is 4.98 Å². The van der Waals surface area contributed by atoms with Crippen LogP contribution in [0.1, 0.15) is 39.9 Å². The third-order valence-electron chi connectivity index (χ3n) is 6.09. The molecule has 1 aliphatic rings. The van der Waals surface area contributed by atoms with Crippen LogP contribution >= 0.6 is 0 Å². The molecule has 3 heteroatoms. The number of rotatable bonds is 4. The van der Waals surface area contributed by atoms with Crippen LogP contribution in [0.25, 0.3) is 22.4 Å². The Balaban J connectivity index is 1.93. The van der Waals surface area contributed by atoms with Crippen LogP contribution in [0.2, 0.25) is 0 Å². The van der Waals surface area contributed by atoms with Crippen molar-refractivity contribution in [3.05, 3.63) is 69.9 Å². The average Bonchev–Trinajstić information content (AvgIpc) is 2.72. The number of benzene rings is 2. The van der Waals surface area contributed by atoms with Crippen molar-refractivity contribution in [2.24, 2.45) is 0 Å². The van der Waals surface area contributed by atoms with Crippen LogP contribution < -0.4 is 4.74 Å². The summed E-state index contributed by atoms with van der Waals surface area (Å²) in [6, 6.07) is 13.1. The number of aromatic nitrogens is 1. The molecule has 0 atom stereocenters. The van der Waals surface area contributed by atoms with E-state index in [0.29, 0.717) is 6.42 Å². The smallest absolute Gasteiger partial charge is 0.122 e. The number of fused-ring (bicyclic) bond motifs is 1. The van der Waals surface area contributed by atoms with E-state index in [2.05, 4.69) is 64.1 Å². The summed E-state index contributed by atoms with van der Waals surface area (Å²) in [5.74, 6) is 1.00. The predicted octanol–water partition coefficient (Wildman–Crippen LogP) is 5.51.